The maximum atomic E-state index is 12.8. The fourth-order valence-electron chi connectivity index (χ4n) is 3.42. The van der Waals surface area contributed by atoms with Gasteiger partial charge in [0.25, 0.3) is 5.91 Å². The lowest BCUT2D eigenvalue weighted by molar-refractivity contribution is 0.0573. The van der Waals surface area contributed by atoms with Crippen LogP contribution >= 0.6 is 0 Å². The highest BCUT2D eigenvalue weighted by Gasteiger charge is 2.29. The van der Waals surface area contributed by atoms with Crippen molar-refractivity contribution in [3.63, 3.8) is 0 Å². The first kappa shape index (κ1) is 17.8. The Balaban J connectivity index is 2.07. The summed E-state index contributed by atoms with van der Waals surface area (Å²) in [4.78, 5) is 17.0. The fourth-order valence-corrected chi connectivity index (χ4v) is 3.42. The first-order valence-electron chi connectivity index (χ1n) is 8.74. The summed E-state index contributed by atoms with van der Waals surface area (Å²) in [6, 6.07) is 8.15. The number of rotatable bonds is 5. The average molecular weight is 317 g/mol. The molecule has 2 rings (SSSR count). The molecular weight excluding hydrogens is 286 g/mol. The van der Waals surface area contributed by atoms with Gasteiger partial charge in [-0.15, -0.1) is 0 Å². The number of likely N-dealkylation sites (tertiary alicyclic amines) is 1. The largest absolute Gasteiger partial charge is 0.374 e. The Bertz CT molecular complexity index is 512. The number of carbonyl (C=O) groups excluding carboxylic acids is 1. The minimum Gasteiger partial charge on any atom is -0.374 e. The van der Waals surface area contributed by atoms with E-state index in [2.05, 4.69) is 32.7 Å². The number of carbonyl (C=O) groups is 1. The molecule has 2 unspecified atom stereocenters. The number of hydrogen-bond acceptors (Lipinski definition) is 3. The van der Waals surface area contributed by atoms with Gasteiger partial charge >= 0.3 is 0 Å². The Hall–Kier alpha value is -1.55. The topological polar surface area (TPSA) is 49.6 Å². The number of piperidine rings is 1. The minimum atomic E-state index is 0.116. The maximum Gasteiger partial charge on any atom is 0.254 e. The zero-order valence-corrected chi connectivity index (χ0v) is 15.0. The van der Waals surface area contributed by atoms with Crippen LogP contribution in [0.2, 0.25) is 0 Å². The second kappa shape index (κ2) is 7.82. The molecule has 0 radical (unpaired) electrons. The maximum absolute atomic E-state index is 12.8. The van der Waals surface area contributed by atoms with Gasteiger partial charge < -0.3 is 15.5 Å². The first-order chi connectivity index (χ1) is 10.9. The van der Waals surface area contributed by atoms with Crippen molar-refractivity contribution < 1.29 is 4.79 Å². The van der Waals surface area contributed by atoms with Crippen molar-refractivity contribution in [1.82, 2.24) is 4.90 Å². The van der Waals surface area contributed by atoms with Crippen molar-refractivity contribution in [3.05, 3.63) is 29.8 Å². The first-order valence-corrected chi connectivity index (χ1v) is 8.74. The van der Waals surface area contributed by atoms with Gasteiger partial charge in [-0.05, 0) is 48.9 Å². The van der Waals surface area contributed by atoms with Crippen molar-refractivity contribution in [3.8, 4) is 0 Å². The number of benzene rings is 1. The molecule has 1 heterocycles. The van der Waals surface area contributed by atoms with Crippen LogP contribution in [0.4, 0.5) is 5.69 Å². The molecule has 2 N–H and O–H groups in total. The van der Waals surface area contributed by atoms with E-state index in [1.165, 1.54) is 0 Å². The zero-order valence-electron chi connectivity index (χ0n) is 15.0. The molecule has 0 saturated carbocycles. The average Bonchev–Trinajstić information content (AvgIpc) is 2.53. The molecule has 2 atom stereocenters. The third kappa shape index (κ3) is 4.47. The van der Waals surface area contributed by atoms with Crippen molar-refractivity contribution in [2.75, 3.05) is 31.6 Å². The SMILES string of the molecule is CC(C)CN(C)c1ccc(C(=O)N2CCC(C)CC2CN)cc1. The molecule has 1 aromatic carbocycles. The van der Waals surface area contributed by atoms with Crippen molar-refractivity contribution in [1.29, 1.82) is 0 Å². The van der Waals surface area contributed by atoms with E-state index in [4.69, 9.17) is 5.73 Å². The van der Waals surface area contributed by atoms with Crippen LogP contribution < -0.4 is 10.6 Å². The van der Waals surface area contributed by atoms with Crippen LogP contribution in [-0.2, 0) is 0 Å². The summed E-state index contributed by atoms with van der Waals surface area (Å²) in [7, 11) is 2.09. The van der Waals surface area contributed by atoms with Crippen LogP contribution in [0.5, 0.6) is 0 Å². The Morgan fingerprint density at radius 1 is 1.35 bits per heavy atom. The molecule has 4 nitrogen and oxygen atoms in total. The molecule has 1 aliphatic rings. The van der Waals surface area contributed by atoms with E-state index in [1.807, 2.05) is 29.2 Å². The van der Waals surface area contributed by atoms with Gasteiger partial charge in [-0.25, -0.2) is 0 Å². The monoisotopic (exact) mass is 317 g/mol. The molecule has 1 amide bonds. The summed E-state index contributed by atoms with van der Waals surface area (Å²) in [6.07, 6.45) is 2.08. The molecule has 0 aliphatic carbocycles. The lowest BCUT2D eigenvalue weighted by Gasteiger charge is -2.38. The van der Waals surface area contributed by atoms with Gasteiger partial charge in [-0.2, -0.15) is 0 Å². The predicted molar refractivity (Wildman–Crippen MR) is 96.8 cm³/mol. The van der Waals surface area contributed by atoms with E-state index in [1.54, 1.807) is 0 Å². The zero-order chi connectivity index (χ0) is 17.0. The van der Waals surface area contributed by atoms with Gasteiger partial charge in [0.05, 0.1) is 0 Å². The lowest BCUT2D eigenvalue weighted by atomic mass is 9.92. The smallest absolute Gasteiger partial charge is 0.254 e. The summed E-state index contributed by atoms with van der Waals surface area (Å²) in [5, 5.41) is 0. The number of amides is 1. The Morgan fingerprint density at radius 3 is 2.57 bits per heavy atom. The Kier molecular flexibility index (Phi) is 6.05. The second-order valence-corrected chi connectivity index (χ2v) is 7.34. The highest BCUT2D eigenvalue weighted by molar-refractivity contribution is 5.94. The normalized spacial score (nSPS) is 21.6. The molecular formula is C19H31N3O. The van der Waals surface area contributed by atoms with E-state index < -0.39 is 0 Å². The molecule has 1 aliphatic heterocycles. The lowest BCUT2D eigenvalue weighted by Crippen LogP contribution is -2.49. The number of hydrogen-bond donors (Lipinski definition) is 1. The van der Waals surface area contributed by atoms with Crippen LogP contribution in [-0.4, -0.2) is 43.5 Å². The van der Waals surface area contributed by atoms with E-state index in [-0.39, 0.29) is 11.9 Å². The van der Waals surface area contributed by atoms with E-state index >= 15 is 0 Å². The third-order valence-electron chi connectivity index (χ3n) is 4.70. The van der Waals surface area contributed by atoms with Gasteiger partial charge in [0, 0.05) is 44.0 Å². The standard InChI is InChI=1S/C19H31N3O/c1-14(2)13-21(4)17-7-5-16(6-8-17)19(23)22-10-9-15(3)11-18(22)12-20/h5-8,14-15,18H,9-13,20H2,1-4H3. The molecule has 4 heteroatoms. The molecule has 128 valence electrons. The van der Waals surface area contributed by atoms with E-state index in [0.29, 0.717) is 18.4 Å². The highest BCUT2D eigenvalue weighted by atomic mass is 16.2. The molecule has 0 bridgehead atoms. The summed E-state index contributed by atoms with van der Waals surface area (Å²) in [6.45, 7) is 9.02. The van der Waals surface area contributed by atoms with Gasteiger partial charge in [-0.1, -0.05) is 20.8 Å². The van der Waals surface area contributed by atoms with E-state index in [9.17, 15) is 4.79 Å². The highest BCUT2D eigenvalue weighted by Crippen LogP contribution is 2.24. The Morgan fingerprint density at radius 2 is 2.00 bits per heavy atom. The number of anilines is 1. The van der Waals surface area contributed by atoms with Crippen LogP contribution in [0.3, 0.4) is 0 Å². The van der Waals surface area contributed by atoms with Crippen molar-refractivity contribution >= 4 is 11.6 Å². The van der Waals surface area contributed by atoms with Gasteiger partial charge in [0.1, 0.15) is 0 Å². The molecule has 23 heavy (non-hydrogen) atoms. The summed E-state index contributed by atoms with van der Waals surface area (Å²) in [5.74, 6) is 1.38. The van der Waals surface area contributed by atoms with Crippen LogP contribution in [0.1, 0.15) is 44.0 Å². The van der Waals surface area contributed by atoms with Gasteiger partial charge in [-0.3, -0.25) is 4.79 Å². The molecule has 1 saturated heterocycles. The van der Waals surface area contributed by atoms with E-state index in [0.717, 1.165) is 37.2 Å². The van der Waals surface area contributed by atoms with Crippen LogP contribution in [0, 0.1) is 11.8 Å². The molecule has 0 aromatic heterocycles. The predicted octanol–water partition coefficient (Wildman–Crippen LogP) is 2.98. The number of nitrogens with two attached hydrogens (primary N) is 1. The van der Waals surface area contributed by atoms with Crippen molar-refractivity contribution in [2.24, 2.45) is 17.6 Å². The van der Waals surface area contributed by atoms with Crippen molar-refractivity contribution in [2.45, 2.75) is 39.7 Å². The molecule has 1 fully saturated rings. The molecule has 1 aromatic rings. The molecule has 0 spiro atoms. The van der Waals surface area contributed by atoms with Crippen LogP contribution in [0.25, 0.3) is 0 Å². The van der Waals surface area contributed by atoms with Crippen LogP contribution in [0.15, 0.2) is 24.3 Å². The van der Waals surface area contributed by atoms with Gasteiger partial charge in [0.2, 0.25) is 0 Å². The third-order valence-corrected chi connectivity index (χ3v) is 4.70. The number of nitrogens with zero attached hydrogens (tertiary/aromatic N) is 2. The second-order valence-electron chi connectivity index (χ2n) is 7.34. The Labute approximate surface area is 140 Å². The quantitative estimate of drug-likeness (QED) is 0.908. The minimum absolute atomic E-state index is 0.116. The summed E-state index contributed by atoms with van der Waals surface area (Å²) < 4.78 is 0. The van der Waals surface area contributed by atoms with Gasteiger partial charge in [0.15, 0.2) is 0 Å². The summed E-state index contributed by atoms with van der Waals surface area (Å²) in [5.41, 5.74) is 7.80. The fraction of sp³-hybridized carbons (Fsp3) is 0.632. The summed E-state index contributed by atoms with van der Waals surface area (Å²) >= 11 is 0.